The number of methoxy groups -OCH3 is 2. The first-order valence-electron chi connectivity index (χ1n) is 11.1. The predicted molar refractivity (Wildman–Crippen MR) is 124 cm³/mol. The van der Waals surface area contributed by atoms with Gasteiger partial charge in [-0.3, -0.25) is 14.5 Å². The van der Waals surface area contributed by atoms with E-state index in [4.69, 9.17) is 18.6 Å². The number of ketones is 1. The second-order valence-electron chi connectivity index (χ2n) is 7.94. The quantitative estimate of drug-likeness (QED) is 0.561. The molecular formula is C25H28N2O7. The van der Waals surface area contributed by atoms with E-state index in [2.05, 4.69) is 4.90 Å². The Morgan fingerprint density at radius 1 is 1.15 bits per heavy atom. The number of morpholine rings is 1. The minimum Gasteiger partial charge on any atom is -0.503 e. The number of aliphatic hydroxyl groups excluding tert-OH is 1. The van der Waals surface area contributed by atoms with Crippen molar-refractivity contribution < 1.29 is 33.3 Å². The van der Waals surface area contributed by atoms with Crippen LogP contribution in [0.15, 0.2) is 58.4 Å². The molecule has 34 heavy (non-hydrogen) atoms. The lowest BCUT2D eigenvalue weighted by molar-refractivity contribution is -0.129. The van der Waals surface area contributed by atoms with Gasteiger partial charge in [0.1, 0.15) is 5.76 Å². The smallest absolute Gasteiger partial charge is 0.290 e. The summed E-state index contributed by atoms with van der Waals surface area (Å²) in [4.78, 5) is 30.0. The van der Waals surface area contributed by atoms with Crippen molar-refractivity contribution in [2.24, 2.45) is 0 Å². The summed E-state index contributed by atoms with van der Waals surface area (Å²) in [7, 11) is 3.05. The third kappa shape index (κ3) is 4.85. The number of carbonyl (C=O) groups is 2. The fraction of sp³-hybridized carbons (Fsp3) is 0.360. The van der Waals surface area contributed by atoms with Gasteiger partial charge in [0, 0.05) is 26.2 Å². The van der Waals surface area contributed by atoms with Crippen LogP contribution < -0.4 is 9.47 Å². The molecule has 0 spiro atoms. The Hall–Kier alpha value is -3.56. The summed E-state index contributed by atoms with van der Waals surface area (Å²) in [5, 5.41) is 10.8. The zero-order valence-corrected chi connectivity index (χ0v) is 19.2. The van der Waals surface area contributed by atoms with Gasteiger partial charge in [0.25, 0.3) is 5.91 Å². The fourth-order valence-corrected chi connectivity index (χ4v) is 4.21. The van der Waals surface area contributed by atoms with Crippen molar-refractivity contribution in [1.82, 2.24) is 9.80 Å². The molecule has 9 nitrogen and oxygen atoms in total. The molecule has 1 aromatic heterocycles. The van der Waals surface area contributed by atoms with E-state index in [0.717, 1.165) is 13.1 Å². The van der Waals surface area contributed by atoms with Gasteiger partial charge in [-0.15, -0.1) is 0 Å². The van der Waals surface area contributed by atoms with Gasteiger partial charge in [0.05, 0.1) is 45.3 Å². The average molecular weight is 469 g/mol. The number of benzene rings is 1. The first-order chi connectivity index (χ1) is 16.5. The van der Waals surface area contributed by atoms with E-state index in [-0.39, 0.29) is 5.57 Å². The molecule has 1 saturated heterocycles. The number of amides is 1. The number of rotatable bonds is 9. The number of hydrogen-bond donors (Lipinski definition) is 1. The highest BCUT2D eigenvalue weighted by atomic mass is 16.5. The van der Waals surface area contributed by atoms with Gasteiger partial charge in [-0.25, -0.2) is 0 Å². The van der Waals surface area contributed by atoms with Gasteiger partial charge >= 0.3 is 0 Å². The Balaban J connectivity index is 1.67. The maximum absolute atomic E-state index is 13.2. The largest absolute Gasteiger partial charge is 0.503 e. The van der Waals surface area contributed by atoms with Crippen molar-refractivity contribution in [2.45, 2.75) is 6.04 Å². The molecular weight excluding hydrogens is 440 g/mol. The summed E-state index contributed by atoms with van der Waals surface area (Å²) >= 11 is 0. The highest BCUT2D eigenvalue weighted by Crippen LogP contribution is 2.40. The van der Waals surface area contributed by atoms with Gasteiger partial charge in [0.15, 0.2) is 23.0 Å². The van der Waals surface area contributed by atoms with Gasteiger partial charge < -0.3 is 28.6 Å². The summed E-state index contributed by atoms with van der Waals surface area (Å²) in [5.74, 6) is -0.127. The molecule has 1 aromatic carbocycles. The first kappa shape index (κ1) is 23.6. The summed E-state index contributed by atoms with van der Waals surface area (Å²) in [5.41, 5.74) is 0.647. The average Bonchev–Trinajstić information content (AvgIpc) is 3.48. The second-order valence-corrected chi connectivity index (χ2v) is 7.94. The normalized spacial score (nSPS) is 19.3. The van der Waals surface area contributed by atoms with Crippen LogP contribution in [0.25, 0.3) is 6.08 Å². The van der Waals surface area contributed by atoms with Crippen molar-refractivity contribution in [3.05, 3.63) is 65.3 Å². The molecule has 4 rings (SSSR count). The maximum atomic E-state index is 13.2. The lowest BCUT2D eigenvalue weighted by Gasteiger charge is -2.31. The van der Waals surface area contributed by atoms with Crippen LogP contribution in [0.1, 0.15) is 17.4 Å². The molecule has 0 radical (unpaired) electrons. The third-order valence-electron chi connectivity index (χ3n) is 6.00. The number of ether oxygens (including phenoxy) is 3. The number of aliphatic hydroxyl groups is 1. The van der Waals surface area contributed by atoms with Crippen LogP contribution in [0, 0.1) is 0 Å². The zero-order chi connectivity index (χ0) is 24.1. The molecule has 2 aliphatic heterocycles. The van der Waals surface area contributed by atoms with Crippen molar-refractivity contribution in [2.75, 3.05) is 53.6 Å². The summed E-state index contributed by atoms with van der Waals surface area (Å²) in [6.45, 7) is 3.73. The highest BCUT2D eigenvalue weighted by molar-refractivity contribution is 6.14. The second kappa shape index (κ2) is 10.6. The van der Waals surface area contributed by atoms with Crippen LogP contribution in [0.4, 0.5) is 0 Å². The van der Waals surface area contributed by atoms with Crippen molar-refractivity contribution >= 4 is 17.8 Å². The molecule has 0 saturated carbocycles. The molecule has 2 aliphatic rings. The summed E-state index contributed by atoms with van der Waals surface area (Å²) in [6, 6.07) is 7.85. The van der Waals surface area contributed by atoms with Crippen LogP contribution in [0.5, 0.6) is 11.5 Å². The molecule has 9 heteroatoms. The standard InChI is InChI=1S/C25H28N2O7/c1-31-20-8-5-17(16-21(20)32-2)23-22(19(28)7-6-18-4-3-13-34-18)24(29)25(30)27(23)10-9-26-11-14-33-15-12-26/h3-8,13,16,23,29H,9-12,14-15H2,1-2H3/b7-6+. The molecule has 0 aliphatic carbocycles. The maximum Gasteiger partial charge on any atom is 0.290 e. The Labute approximate surface area is 197 Å². The van der Waals surface area contributed by atoms with Gasteiger partial charge in [-0.1, -0.05) is 6.07 Å². The van der Waals surface area contributed by atoms with Crippen LogP contribution in [0.3, 0.4) is 0 Å². The van der Waals surface area contributed by atoms with Crippen LogP contribution in [-0.4, -0.2) is 80.2 Å². The van der Waals surface area contributed by atoms with E-state index in [1.807, 2.05) is 0 Å². The van der Waals surface area contributed by atoms with Crippen LogP contribution in [0.2, 0.25) is 0 Å². The van der Waals surface area contributed by atoms with E-state index < -0.39 is 23.5 Å². The molecule has 180 valence electrons. The minimum atomic E-state index is -0.776. The molecule has 1 fully saturated rings. The van der Waals surface area contributed by atoms with E-state index in [0.29, 0.717) is 49.1 Å². The Morgan fingerprint density at radius 2 is 1.91 bits per heavy atom. The molecule has 1 amide bonds. The van der Waals surface area contributed by atoms with Crippen molar-refractivity contribution in [3.63, 3.8) is 0 Å². The molecule has 3 heterocycles. The van der Waals surface area contributed by atoms with Gasteiger partial charge in [0.2, 0.25) is 0 Å². The molecule has 1 unspecified atom stereocenters. The number of hydrogen-bond acceptors (Lipinski definition) is 8. The first-order valence-corrected chi connectivity index (χ1v) is 11.1. The number of furan rings is 1. The van der Waals surface area contributed by atoms with E-state index in [1.54, 1.807) is 30.3 Å². The zero-order valence-electron chi connectivity index (χ0n) is 19.2. The monoisotopic (exact) mass is 468 g/mol. The molecule has 0 bridgehead atoms. The van der Waals surface area contributed by atoms with Crippen LogP contribution in [-0.2, 0) is 14.3 Å². The van der Waals surface area contributed by atoms with E-state index in [9.17, 15) is 14.7 Å². The summed E-state index contributed by atoms with van der Waals surface area (Å²) < 4.78 is 21.4. The SMILES string of the molecule is COc1ccc(C2C(C(=O)/C=C/c3ccco3)=C(O)C(=O)N2CCN2CCOCC2)cc1OC. The predicted octanol–water partition coefficient (Wildman–Crippen LogP) is 2.61. The lowest BCUT2D eigenvalue weighted by Crippen LogP contribution is -2.43. The fourth-order valence-electron chi connectivity index (χ4n) is 4.21. The molecule has 1 N–H and O–H groups in total. The summed E-state index contributed by atoms with van der Waals surface area (Å²) in [6.07, 6.45) is 4.31. The Bertz CT molecular complexity index is 1080. The number of carbonyl (C=O) groups excluding carboxylic acids is 2. The third-order valence-corrected chi connectivity index (χ3v) is 6.00. The number of nitrogens with zero attached hydrogens (tertiary/aromatic N) is 2. The molecule has 1 atom stereocenters. The van der Waals surface area contributed by atoms with Gasteiger partial charge in [-0.2, -0.15) is 0 Å². The Morgan fingerprint density at radius 3 is 2.59 bits per heavy atom. The number of allylic oxidation sites excluding steroid dienone is 1. The van der Waals surface area contributed by atoms with Gasteiger partial charge in [-0.05, 0) is 42.0 Å². The lowest BCUT2D eigenvalue weighted by atomic mass is 9.95. The van der Waals surface area contributed by atoms with Crippen molar-refractivity contribution in [1.29, 1.82) is 0 Å². The minimum absolute atomic E-state index is 0.0157. The van der Waals surface area contributed by atoms with E-state index >= 15 is 0 Å². The molecule has 2 aromatic rings. The highest BCUT2D eigenvalue weighted by Gasteiger charge is 2.43. The Kier molecular flexibility index (Phi) is 7.34. The topological polar surface area (TPSA) is 102 Å². The van der Waals surface area contributed by atoms with E-state index in [1.165, 1.54) is 37.5 Å². The van der Waals surface area contributed by atoms with Crippen molar-refractivity contribution in [3.8, 4) is 11.5 Å². The van der Waals surface area contributed by atoms with Crippen LogP contribution >= 0.6 is 0 Å².